The molecule has 0 bridgehead atoms. The van der Waals surface area contributed by atoms with Gasteiger partial charge < -0.3 is 10.0 Å². The van der Waals surface area contributed by atoms with Gasteiger partial charge in [0, 0.05) is 24.1 Å². The van der Waals surface area contributed by atoms with Gasteiger partial charge in [-0.3, -0.25) is 4.79 Å². The number of nitrogens with zero attached hydrogens (tertiary/aromatic N) is 1. The van der Waals surface area contributed by atoms with Crippen LogP contribution < -0.4 is 0 Å². The topological polar surface area (TPSA) is 57.6 Å². The second-order valence-electron chi connectivity index (χ2n) is 4.39. The van der Waals surface area contributed by atoms with Gasteiger partial charge in [0.25, 0.3) is 0 Å². The molecule has 0 spiro atoms. The zero-order chi connectivity index (χ0) is 15.7. The summed E-state index contributed by atoms with van der Waals surface area (Å²) in [4.78, 5) is 24.4. The first-order valence-electron chi connectivity index (χ1n) is 5.82. The summed E-state index contributed by atoms with van der Waals surface area (Å²) >= 11 is 11.6. The molecule has 0 aromatic heterocycles. The van der Waals surface area contributed by atoms with Crippen LogP contribution in [-0.2, 0) is 15.1 Å². The average Bonchev–Trinajstić information content (AvgIpc) is 2.33. The fraction of sp³-hybridized carbons (Fsp3) is 0.385. The van der Waals surface area contributed by atoms with E-state index in [1.165, 1.54) is 13.8 Å². The van der Waals surface area contributed by atoms with Crippen molar-refractivity contribution in [3.63, 3.8) is 0 Å². The van der Waals surface area contributed by atoms with Crippen molar-refractivity contribution in [1.29, 1.82) is 0 Å². The number of carboxylic acid groups (broad SMARTS) is 1. The van der Waals surface area contributed by atoms with Gasteiger partial charge in [-0.15, -0.1) is 0 Å². The second kappa shape index (κ2) is 5.97. The van der Waals surface area contributed by atoms with Crippen LogP contribution in [0.25, 0.3) is 0 Å². The van der Waals surface area contributed by atoms with Crippen LogP contribution in [0, 0.1) is 5.82 Å². The van der Waals surface area contributed by atoms with Crippen LogP contribution in [0.5, 0.6) is 0 Å². The summed E-state index contributed by atoms with van der Waals surface area (Å²) in [6.07, 6.45) is 0. The van der Waals surface area contributed by atoms with Gasteiger partial charge in [0.05, 0.1) is 5.02 Å². The SMILES string of the molecule is CCN(C(C)=O)C(C)(C(=O)O)c1cc(F)c(Cl)cc1Cl. The second-order valence-corrected chi connectivity index (χ2v) is 5.20. The highest BCUT2D eigenvalue weighted by molar-refractivity contribution is 6.35. The van der Waals surface area contributed by atoms with Crippen molar-refractivity contribution in [3.05, 3.63) is 33.6 Å². The third kappa shape index (κ3) is 2.74. The minimum atomic E-state index is -1.77. The van der Waals surface area contributed by atoms with E-state index in [4.69, 9.17) is 23.2 Å². The van der Waals surface area contributed by atoms with E-state index in [-0.39, 0.29) is 22.2 Å². The summed E-state index contributed by atoms with van der Waals surface area (Å²) in [6.45, 7) is 4.31. The van der Waals surface area contributed by atoms with Crippen molar-refractivity contribution in [2.75, 3.05) is 6.54 Å². The lowest BCUT2D eigenvalue weighted by Crippen LogP contribution is -2.52. The molecular formula is C13H14Cl2FNO3. The maximum absolute atomic E-state index is 13.6. The fourth-order valence-corrected chi connectivity index (χ4v) is 2.69. The van der Waals surface area contributed by atoms with Crippen molar-refractivity contribution in [2.45, 2.75) is 26.3 Å². The molecule has 0 aliphatic rings. The maximum atomic E-state index is 13.6. The predicted octanol–water partition coefficient (Wildman–Crippen LogP) is 3.30. The Bertz CT molecular complexity index is 565. The van der Waals surface area contributed by atoms with Gasteiger partial charge in [-0.25, -0.2) is 9.18 Å². The van der Waals surface area contributed by atoms with Crippen molar-refractivity contribution >= 4 is 35.1 Å². The van der Waals surface area contributed by atoms with Gasteiger partial charge in [-0.2, -0.15) is 0 Å². The van der Waals surface area contributed by atoms with Gasteiger partial charge in [0.2, 0.25) is 5.91 Å². The Hall–Kier alpha value is -1.33. The molecule has 1 rings (SSSR count). The highest BCUT2D eigenvalue weighted by Gasteiger charge is 2.44. The molecule has 0 aliphatic heterocycles. The lowest BCUT2D eigenvalue weighted by molar-refractivity contribution is -0.158. The molecule has 0 saturated heterocycles. The van der Waals surface area contributed by atoms with Crippen LogP contribution >= 0.6 is 23.2 Å². The van der Waals surface area contributed by atoms with E-state index in [2.05, 4.69) is 0 Å². The molecule has 4 nitrogen and oxygen atoms in total. The van der Waals surface area contributed by atoms with Crippen LogP contribution in [0.4, 0.5) is 4.39 Å². The number of carbonyl (C=O) groups is 2. The predicted molar refractivity (Wildman–Crippen MR) is 74.5 cm³/mol. The van der Waals surface area contributed by atoms with Crippen LogP contribution in [0.3, 0.4) is 0 Å². The van der Waals surface area contributed by atoms with Gasteiger partial charge >= 0.3 is 5.97 Å². The number of amides is 1. The quantitative estimate of drug-likeness (QED) is 0.865. The Labute approximate surface area is 126 Å². The highest BCUT2D eigenvalue weighted by Crippen LogP contribution is 2.36. The van der Waals surface area contributed by atoms with E-state index in [9.17, 15) is 19.1 Å². The van der Waals surface area contributed by atoms with Gasteiger partial charge in [0.15, 0.2) is 5.54 Å². The molecule has 110 valence electrons. The van der Waals surface area contributed by atoms with Gasteiger partial charge in [-0.1, -0.05) is 23.2 Å². The van der Waals surface area contributed by atoms with Crippen LogP contribution in [0.15, 0.2) is 12.1 Å². The van der Waals surface area contributed by atoms with Gasteiger partial charge in [0.1, 0.15) is 5.82 Å². The Kier molecular flexibility index (Phi) is 5.00. The zero-order valence-electron chi connectivity index (χ0n) is 11.2. The van der Waals surface area contributed by atoms with E-state index in [1.54, 1.807) is 6.92 Å². The minimum Gasteiger partial charge on any atom is -0.479 e. The molecule has 0 saturated carbocycles. The number of hydrogen-bond acceptors (Lipinski definition) is 2. The molecule has 20 heavy (non-hydrogen) atoms. The lowest BCUT2D eigenvalue weighted by atomic mass is 9.89. The summed E-state index contributed by atoms with van der Waals surface area (Å²) in [5.74, 6) is -2.56. The third-order valence-corrected chi connectivity index (χ3v) is 3.79. The first-order chi connectivity index (χ1) is 9.16. The number of likely N-dealkylation sites (N-methyl/N-ethyl adjacent to an activating group) is 1. The Morgan fingerprint density at radius 3 is 2.30 bits per heavy atom. The number of rotatable bonds is 4. The molecule has 1 N–H and O–H groups in total. The molecular weight excluding hydrogens is 308 g/mol. The van der Waals surface area contributed by atoms with Crippen molar-refractivity contribution in [2.24, 2.45) is 0 Å². The average molecular weight is 322 g/mol. The molecule has 0 heterocycles. The molecule has 1 unspecified atom stereocenters. The number of benzene rings is 1. The summed E-state index contributed by atoms with van der Waals surface area (Å²) in [5.41, 5.74) is -1.80. The number of carboxylic acids is 1. The highest BCUT2D eigenvalue weighted by atomic mass is 35.5. The monoisotopic (exact) mass is 321 g/mol. The number of halogens is 3. The molecule has 7 heteroatoms. The van der Waals surface area contributed by atoms with Crippen molar-refractivity contribution in [1.82, 2.24) is 4.90 Å². The third-order valence-electron chi connectivity index (χ3n) is 3.19. The molecule has 0 aliphatic carbocycles. The zero-order valence-corrected chi connectivity index (χ0v) is 12.7. The van der Waals surface area contributed by atoms with Crippen LogP contribution in [0.2, 0.25) is 10.0 Å². The number of aliphatic carboxylic acids is 1. The Balaban J connectivity index is 3.60. The molecule has 1 aromatic carbocycles. The first kappa shape index (κ1) is 16.7. The summed E-state index contributed by atoms with van der Waals surface area (Å²) in [6, 6.07) is 2.08. The van der Waals surface area contributed by atoms with Crippen molar-refractivity contribution in [3.8, 4) is 0 Å². The molecule has 0 radical (unpaired) electrons. The largest absolute Gasteiger partial charge is 0.479 e. The van der Waals surface area contributed by atoms with Gasteiger partial charge in [-0.05, 0) is 26.0 Å². The fourth-order valence-electron chi connectivity index (χ4n) is 2.13. The van der Waals surface area contributed by atoms with Crippen molar-refractivity contribution < 1.29 is 19.1 Å². The standard InChI is InChI=1S/C13H14Cl2FNO3/c1-4-17(7(2)18)13(3,12(19)20)8-5-11(16)10(15)6-9(8)14/h5-6H,4H2,1-3H3,(H,19,20). The number of hydrogen-bond donors (Lipinski definition) is 1. The van der Waals surface area contributed by atoms with E-state index in [0.717, 1.165) is 17.0 Å². The Morgan fingerprint density at radius 1 is 1.35 bits per heavy atom. The molecule has 1 aromatic rings. The Morgan fingerprint density at radius 2 is 1.90 bits per heavy atom. The molecule has 1 atom stereocenters. The summed E-state index contributed by atoms with van der Waals surface area (Å²) in [5, 5.41) is 9.29. The van der Waals surface area contributed by atoms with Crippen LogP contribution in [0.1, 0.15) is 26.3 Å². The van der Waals surface area contributed by atoms with E-state index in [0.29, 0.717) is 0 Å². The number of carbonyl (C=O) groups excluding carboxylic acids is 1. The minimum absolute atomic E-state index is 0.0130. The molecule has 1 amide bonds. The van der Waals surface area contributed by atoms with E-state index in [1.807, 2.05) is 0 Å². The van der Waals surface area contributed by atoms with E-state index < -0.39 is 23.2 Å². The lowest BCUT2D eigenvalue weighted by Gasteiger charge is -2.37. The smallest absolute Gasteiger partial charge is 0.334 e. The first-order valence-corrected chi connectivity index (χ1v) is 6.58. The summed E-state index contributed by atoms with van der Waals surface area (Å²) in [7, 11) is 0. The maximum Gasteiger partial charge on any atom is 0.334 e. The normalized spacial score (nSPS) is 13.7. The summed E-state index contributed by atoms with van der Waals surface area (Å²) < 4.78 is 13.6. The molecule has 0 fully saturated rings. The van der Waals surface area contributed by atoms with E-state index >= 15 is 0 Å². The van der Waals surface area contributed by atoms with Crippen LogP contribution in [-0.4, -0.2) is 28.4 Å².